The molecule has 0 unspecified atom stereocenters. The van der Waals surface area contributed by atoms with Crippen LogP contribution in [-0.2, 0) is 24.9 Å². The molecule has 1 amide bonds. The summed E-state index contributed by atoms with van der Waals surface area (Å²) in [4.78, 5) is 21.0. The van der Waals surface area contributed by atoms with Crippen molar-refractivity contribution in [3.05, 3.63) is 24.5 Å². The number of nitrogens with one attached hydrogen (secondary N) is 1. The Bertz CT molecular complexity index is 778. The lowest BCUT2D eigenvalue weighted by atomic mass is 10.3. The fraction of sp³-hybridized carbons (Fsp3) is 0.562. The molecule has 140 valence electrons. The van der Waals surface area contributed by atoms with Crippen LogP contribution < -0.4 is 10.2 Å². The molecule has 0 bridgehead atoms. The third-order valence-electron chi connectivity index (χ3n) is 4.26. The molecule has 1 aliphatic heterocycles. The number of rotatable bonds is 5. The van der Waals surface area contributed by atoms with Crippen molar-refractivity contribution in [1.29, 1.82) is 0 Å². The summed E-state index contributed by atoms with van der Waals surface area (Å²) in [5.41, 5.74) is 0.829. The zero-order chi connectivity index (χ0) is 18.5. The van der Waals surface area contributed by atoms with Gasteiger partial charge in [-0.05, 0) is 13.8 Å². The number of carbonyl (C=O) groups excluding carboxylic acids is 1. The van der Waals surface area contributed by atoms with E-state index in [4.69, 9.17) is 0 Å². The van der Waals surface area contributed by atoms with Gasteiger partial charge in [-0.2, -0.15) is 5.10 Å². The normalized spacial score (nSPS) is 15.7. The summed E-state index contributed by atoms with van der Waals surface area (Å²) in [5.74, 6) is 1.56. The molecule has 2 aromatic rings. The Labute approximate surface area is 152 Å². The summed E-state index contributed by atoms with van der Waals surface area (Å²) in [6, 6.07) is 0. The summed E-state index contributed by atoms with van der Waals surface area (Å²) in [6.45, 7) is 7.59. The van der Waals surface area contributed by atoms with E-state index in [1.807, 2.05) is 36.6 Å². The molecule has 10 heteroatoms. The highest BCUT2D eigenvalue weighted by molar-refractivity contribution is 5.98. The first-order valence-corrected chi connectivity index (χ1v) is 8.81. The number of anilines is 1. The molecule has 3 heterocycles. The van der Waals surface area contributed by atoms with Gasteiger partial charge >= 0.3 is 0 Å². The minimum absolute atomic E-state index is 0.0339. The molecule has 1 fully saturated rings. The Kier molecular flexibility index (Phi) is 5.49. The van der Waals surface area contributed by atoms with Crippen molar-refractivity contribution < 1.29 is 4.79 Å². The van der Waals surface area contributed by atoms with Crippen LogP contribution in [0.1, 0.15) is 19.7 Å². The van der Waals surface area contributed by atoms with Crippen molar-refractivity contribution in [1.82, 2.24) is 34.8 Å². The summed E-state index contributed by atoms with van der Waals surface area (Å²) >= 11 is 0. The Morgan fingerprint density at radius 2 is 2.19 bits per heavy atom. The second-order valence-electron chi connectivity index (χ2n) is 6.04. The second-order valence-corrected chi connectivity index (χ2v) is 6.04. The topological polar surface area (TPSA) is 96.5 Å². The molecule has 1 N–H and O–H groups in total. The average molecular weight is 359 g/mol. The molecule has 10 nitrogen and oxygen atoms in total. The third kappa shape index (κ3) is 3.84. The Morgan fingerprint density at radius 3 is 2.85 bits per heavy atom. The lowest BCUT2D eigenvalue weighted by Gasteiger charge is -2.35. The lowest BCUT2D eigenvalue weighted by molar-refractivity contribution is -0.120. The maximum Gasteiger partial charge on any atom is 0.246 e. The van der Waals surface area contributed by atoms with Gasteiger partial charge in [-0.1, -0.05) is 0 Å². The second kappa shape index (κ2) is 7.98. The highest BCUT2D eigenvalue weighted by atomic mass is 16.2. The number of amides is 1. The maximum absolute atomic E-state index is 12.6. The third-order valence-corrected chi connectivity index (χ3v) is 4.26. The molecule has 1 aliphatic rings. The fourth-order valence-electron chi connectivity index (χ4n) is 2.91. The number of aliphatic imine (C=N–C) groups is 1. The van der Waals surface area contributed by atoms with Crippen LogP contribution in [-0.4, -0.2) is 67.5 Å². The molecule has 0 radical (unpaired) electrons. The number of guanidine groups is 1. The molecule has 0 saturated carbocycles. The van der Waals surface area contributed by atoms with Crippen molar-refractivity contribution in [2.45, 2.75) is 26.9 Å². The molecular weight excluding hydrogens is 334 g/mol. The van der Waals surface area contributed by atoms with Crippen LogP contribution in [0.15, 0.2) is 23.7 Å². The fourth-order valence-corrected chi connectivity index (χ4v) is 2.91. The molecule has 0 atom stereocenters. The monoisotopic (exact) mass is 359 g/mol. The molecule has 26 heavy (non-hydrogen) atoms. The number of hydrogen-bond acceptors (Lipinski definition) is 5. The molecule has 3 rings (SSSR count). The zero-order valence-electron chi connectivity index (χ0n) is 15.5. The van der Waals surface area contributed by atoms with Gasteiger partial charge in [0.25, 0.3) is 0 Å². The summed E-state index contributed by atoms with van der Waals surface area (Å²) in [5, 5.41) is 15.4. The quantitative estimate of drug-likeness (QED) is 0.589. The van der Waals surface area contributed by atoms with Crippen molar-refractivity contribution in [3.63, 3.8) is 0 Å². The van der Waals surface area contributed by atoms with E-state index in [9.17, 15) is 4.79 Å². The highest BCUT2D eigenvalue weighted by Gasteiger charge is 2.27. The number of hydrogen-bond donors (Lipinski definition) is 1. The lowest BCUT2D eigenvalue weighted by Crippen LogP contribution is -2.55. The van der Waals surface area contributed by atoms with Gasteiger partial charge in [0, 0.05) is 39.4 Å². The van der Waals surface area contributed by atoms with Crippen molar-refractivity contribution in [2.24, 2.45) is 12.0 Å². The van der Waals surface area contributed by atoms with Gasteiger partial charge < -0.3 is 19.7 Å². The van der Waals surface area contributed by atoms with Gasteiger partial charge in [-0.15, -0.1) is 10.2 Å². The van der Waals surface area contributed by atoms with E-state index in [1.54, 1.807) is 22.1 Å². The van der Waals surface area contributed by atoms with E-state index < -0.39 is 0 Å². The van der Waals surface area contributed by atoms with E-state index in [1.165, 1.54) is 0 Å². The van der Waals surface area contributed by atoms with Crippen LogP contribution in [0.3, 0.4) is 0 Å². The van der Waals surface area contributed by atoms with Gasteiger partial charge in [0.15, 0.2) is 11.8 Å². The number of nitrogens with zero attached hydrogens (tertiary/aromatic N) is 8. The number of piperazine rings is 1. The predicted molar refractivity (Wildman–Crippen MR) is 97.6 cm³/mol. The van der Waals surface area contributed by atoms with E-state index >= 15 is 0 Å². The van der Waals surface area contributed by atoms with E-state index in [0.717, 1.165) is 30.6 Å². The number of aryl methyl sites for hydroxylation is 2. The van der Waals surface area contributed by atoms with Crippen LogP contribution >= 0.6 is 0 Å². The SMILES string of the molecule is CCNC(=NCc1nncn1CC)N1CCN(c2cnn(C)c2)C(=O)C1. The van der Waals surface area contributed by atoms with E-state index in [-0.39, 0.29) is 12.5 Å². The first-order valence-electron chi connectivity index (χ1n) is 8.81. The van der Waals surface area contributed by atoms with Crippen LogP contribution in [0.4, 0.5) is 5.69 Å². The van der Waals surface area contributed by atoms with Crippen LogP contribution in [0.25, 0.3) is 0 Å². The van der Waals surface area contributed by atoms with Crippen LogP contribution in [0.5, 0.6) is 0 Å². The zero-order valence-corrected chi connectivity index (χ0v) is 15.5. The smallest absolute Gasteiger partial charge is 0.246 e. The molecular formula is C16H25N9O. The Morgan fingerprint density at radius 1 is 1.35 bits per heavy atom. The van der Waals surface area contributed by atoms with Gasteiger partial charge in [0.2, 0.25) is 5.91 Å². The van der Waals surface area contributed by atoms with E-state index in [2.05, 4.69) is 25.6 Å². The summed E-state index contributed by atoms with van der Waals surface area (Å²) in [7, 11) is 1.84. The van der Waals surface area contributed by atoms with Gasteiger partial charge in [-0.25, -0.2) is 4.99 Å². The van der Waals surface area contributed by atoms with Crippen molar-refractivity contribution in [3.8, 4) is 0 Å². The van der Waals surface area contributed by atoms with Gasteiger partial charge in [0.1, 0.15) is 19.4 Å². The average Bonchev–Trinajstić information content (AvgIpc) is 3.27. The highest BCUT2D eigenvalue weighted by Crippen LogP contribution is 2.16. The summed E-state index contributed by atoms with van der Waals surface area (Å²) < 4.78 is 3.66. The summed E-state index contributed by atoms with van der Waals surface area (Å²) in [6.07, 6.45) is 5.27. The molecule has 0 spiro atoms. The first kappa shape index (κ1) is 17.9. The largest absolute Gasteiger partial charge is 0.356 e. The number of aromatic nitrogens is 5. The van der Waals surface area contributed by atoms with Crippen LogP contribution in [0, 0.1) is 0 Å². The predicted octanol–water partition coefficient (Wildman–Crippen LogP) is -0.154. The van der Waals surface area contributed by atoms with Crippen molar-refractivity contribution in [2.75, 3.05) is 31.1 Å². The maximum atomic E-state index is 12.6. The molecule has 1 saturated heterocycles. The minimum Gasteiger partial charge on any atom is -0.356 e. The standard InChI is InChI=1S/C16H25N9O/c1-4-17-16(18-9-14-21-19-12-23(14)5-2)24-6-7-25(15(26)11-24)13-8-20-22(3)10-13/h8,10,12H,4-7,9,11H2,1-3H3,(H,17,18). The minimum atomic E-state index is 0.0339. The Balaban J connectivity index is 1.69. The molecule has 0 aliphatic carbocycles. The molecule has 0 aromatic carbocycles. The van der Waals surface area contributed by atoms with Gasteiger partial charge in [-0.3, -0.25) is 9.48 Å². The van der Waals surface area contributed by atoms with Gasteiger partial charge in [0.05, 0.1) is 11.9 Å². The van der Waals surface area contributed by atoms with E-state index in [0.29, 0.717) is 19.6 Å². The Hall–Kier alpha value is -2.91. The number of carbonyl (C=O) groups is 1. The van der Waals surface area contributed by atoms with Crippen LogP contribution in [0.2, 0.25) is 0 Å². The molecule has 2 aromatic heterocycles. The van der Waals surface area contributed by atoms with Crippen molar-refractivity contribution >= 4 is 17.6 Å². The first-order chi connectivity index (χ1) is 12.6.